The average molecular weight is 413 g/mol. The van der Waals surface area contributed by atoms with Gasteiger partial charge in [-0.3, -0.25) is 0 Å². The van der Waals surface area contributed by atoms with E-state index in [0.717, 1.165) is 17.0 Å². The molecule has 8 nitrogen and oxygen atoms in total. The molecule has 4 aromatic rings. The third-order valence-corrected chi connectivity index (χ3v) is 5.06. The van der Waals surface area contributed by atoms with E-state index >= 15 is 0 Å². The maximum absolute atomic E-state index is 13.0. The molecule has 154 valence electrons. The van der Waals surface area contributed by atoms with Crippen LogP contribution in [0.5, 0.6) is 5.75 Å². The molecule has 4 rings (SSSR count). The molecular formula is C22H20BN5O3. The van der Waals surface area contributed by atoms with E-state index in [2.05, 4.69) is 15.2 Å². The van der Waals surface area contributed by atoms with Crippen LogP contribution in [0.1, 0.15) is 32.1 Å². The van der Waals surface area contributed by atoms with Crippen LogP contribution in [0.2, 0.25) is 0 Å². The van der Waals surface area contributed by atoms with Crippen LogP contribution in [-0.4, -0.2) is 40.5 Å². The molecule has 31 heavy (non-hydrogen) atoms. The second-order valence-electron chi connectivity index (χ2n) is 7.05. The number of primary amides is 1. The van der Waals surface area contributed by atoms with E-state index in [0.29, 0.717) is 28.8 Å². The molecule has 9 heteroatoms. The number of rotatable bonds is 6. The van der Waals surface area contributed by atoms with Gasteiger partial charge < -0.3 is 0 Å². The van der Waals surface area contributed by atoms with Gasteiger partial charge in [-0.05, 0) is 0 Å². The van der Waals surface area contributed by atoms with Crippen LogP contribution in [0.25, 0.3) is 10.9 Å². The van der Waals surface area contributed by atoms with Crippen LogP contribution in [0.3, 0.4) is 0 Å². The number of aromatic nitrogens is 3. The Morgan fingerprint density at radius 1 is 1.16 bits per heavy atom. The predicted molar refractivity (Wildman–Crippen MR) is 119 cm³/mol. The van der Waals surface area contributed by atoms with Crippen LogP contribution < -0.4 is 15.8 Å². The number of methoxy groups -OCH3 is 1. The van der Waals surface area contributed by atoms with E-state index in [4.69, 9.17) is 10.5 Å². The van der Waals surface area contributed by atoms with Gasteiger partial charge in [0, 0.05) is 0 Å². The van der Waals surface area contributed by atoms with Gasteiger partial charge in [0.15, 0.2) is 0 Å². The second kappa shape index (κ2) is 8.39. The van der Waals surface area contributed by atoms with Crippen LogP contribution >= 0.6 is 0 Å². The molecule has 0 aliphatic heterocycles. The molecule has 0 unspecified atom stereocenters. The molecule has 0 radical (unpaired) electrons. The molecule has 2 aromatic carbocycles. The molecule has 0 spiro atoms. The fourth-order valence-corrected chi connectivity index (χ4v) is 3.32. The summed E-state index contributed by atoms with van der Waals surface area (Å²) in [5.74, 6) is 0.151. The summed E-state index contributed by atoms with van der Waals surface area (Å²) >= 11 is 0. The topological polar surface area (TPSA) is 112 Å². The number of carbonyl (C=O) groups excluding carboxylic acids is 2. The van der Waals surface area contributed by atoms with Gasteiger partial charge in [0.1, 0.15) is 0 Å². The average Bonchev–Trinajstić information content (AvgIpc) is 3.12. The first-order chi connectivity index (χ1) is 15.0. The summed E-state index contributed by atoms with van der Waals surface area (Å²) in [6.45, 7) is 2.48. The van der Waals surface area contributed by atoms with Crippen LogP contribution in [-0.2, 0) is 6.54 Å². The third-order valence-electron chi connectivity index (χ3n) is 5.06. The number of anilines is 1. The van der Waals surface area contributed by atoms with Crippen molar-refractivity contribution in [3.05, 3.63) is 77.1 Å². The SMILES string of the molecule is COc1ccc(Cn2bnc(NC(=O)c3cc(C(N)=O)nc4ccccc34)c2C)cc1. The summed E-state index contributed by atoms with van der Waals surface area (Å²) < 4.78 is 7.13. The Hall–Kier alpha value is -4.01. The first kappa shape index (κ1) is 20.3. The molecule has 0 saturated heterocycles. The summed E-state index contributed by atoms with van der Waals surface area (Å²) in [5.41, 5.74) is 8.13. The fraction of sp³-hybridized carbons (Fsp3) is 0.136. The second-order valence-corrected chi connectivity index (χ2v) is 7.05. The Bertz CT molecular complexity index is 1280. The number of amides is 2. The molecule has 3 N–H and O–H groups in total. The van der Waals surface area contributed by atoms with Crippen molar-refractivity contribution in [2.75, 3.05) is 12.4 Å². The summed E-state index contributed by atoms with van der Waals surface area (Å²) in [5, 5.41) is 3.46. The van der Waals surface area contributed by atoms with E-state index in [1.165, 1.54) is 6.07 Å². The van der Waals surface area contributed by atoms with Crippen molar-refractivity contribution >= 4 is 35.7 Å². The molecule has 0 bridgehead atoms. The van der Waals surface area contributed by atoms with Crippen LogP contribution in [0.4, 0.5) is 5.82 Å². The Morgan fingerprint density at radius 2 is 1.90 bits per heavy atom. The van der Waals surface area contributed by atoms with Gasteiger partial charge in [-0.2, -0.15) is 0 Å². The number of pyridine rings is 1. The zero-order chi connectivity index (χ0) is 22.0. The summed E-state index contributed by atoms with van der Waals surface area (Å²) in [6, 6.07) is 16.3. The first-order valence-electron chi connectivity index (χ1n) is 9.62. The number of ether oxygens (including phenoxy) is 1. The van der Waals surface area contributed by atoms with E-state index in [9.17, 15) is 9.59 Å². The van der Waals surface area contributed by atoms with E-state index < -0.39 is 5.91 Å². The predicted octanol–water partition coefficient (Wildman–Crippen LogP) is 2.49. The Kier molecular flexibility index (Phi) is 5.49. The number of nitrogens with one attached hydrogen (secondary N) is 1. The first-order valence-corrected chi connectivity index (χ1v) is 9.62. The quantitative estimate of drug-likeness (QED) is 0.505. The molecule has 2 amide bonds. The van der Waals surface area contributed by atoms with Crippen molar-refractivity contribution < 1.29 is 14.3 Å². The van der Waals surface area contributed by atoms with E-state index in [-0.39, 0.29) is 11.6 Å². The minimum atomic E-state index is -0.695. The number of benzene rings is 2. The summed E-state index contributed by atoms with van der Waals surface area (Å²) in [4.78, 5) is 33.3. The number of para-hydroxylation sites is 1. The van der Waals surface area contributed by atoms with Gasteiger partial charge >= 0.3 is 179 Å². The van der Waals surface area contributed by atoms with Gasteiger partial charge in [0.2, 0.25) is 0 Å². The molecule has 2 heterocycles. The molecule has 0 saturated carbocycles. The number of nitrogens with zero attached hydrogens (tertiary/aromatic N) is 3. The van der Waals surface area contributed by atoms with E-state index in [1.807, 2.05) is 35.7 Å². The number of nitrogens with two attached hydrogens (primary N) is 1. The van der Waals surface area contributed by atoms with Gasteiger partial charge in [0.25, 0.3) is 0 Å². The molecular weight excluding hydrogens is 393 g/mol. The Labute approximate surface area is 179 Å². The van der Waals surface area contributed by atoms with Gasteiger partial charge in [-0.25, -0.2) is 0 Å². The van der Waals surface area contributed by atoms with Gasteiger partial charge in [-0.1, -0.05) is 0 Å². The zero-order valence-electron chi connectivity index (χ0n) is 17.1. The monoisotopic (exact) mass is 413 g/mol. The number of hydrogen-bond acceptors (Lipinski definition) is 5. The Balaban J connectivity index is 1.60. The van der Waals surface area contributed by atoms with Crippen LogP contribution in [0.15, 0.2) is 54.6 Å². The van der Waals surface area contributed by atoms with Gasteiger partial charge in [0.05, 0.1) is 0 Å². The van der Waals surface area contributed by atoms with Crippen molar-refractivity contribution in [3.63, 3.8) is 0 Å². The van der Waals surface area contributed by atoms with Crippen molar-refractivity contribution in [3.8, 4) is 5.75 Å². The minimum absolute atomic E-state index is 0.0330. The van der Waals surface area contributed by atoms with Crippen molar-refractivity contribution in [1.29, 1.82) is 0 Å². The molecule has 0 aliphatic carbocycles. The number of carbonyl (C=O) groups is 2. The molecule has 2 aromatic heterocycles. The van der Waals surface area contributed by atoms with Crippen molar-refractivity contribution in [2.45, 2.75) is 13.5 Å². The molecule has 0 fully saturated rings. The normalized spacial score (nSPS) is 10.6. The fourth-order valence-electron chi connectivity index (χ4n) is 3.32. The molecule has 0 atom stereocenters. The number of hydrogen-bond donors (Lipinski definition) is 2. The van der Waals surface area contributed by atoms with Crippen molar-refractivity contribution in [1.82, 2.24) is 14.3 Å². The Morgan fingerprint density at radius 3 is 2.61 bits per heavy atom. The summed E-state index contributed by atoms with van der Waals surface area (Å²) in [6.07, 6.45) is 0. The maximum atomic E-state index is 13.0. The third kappa shape index (κ3) is 4.16. The van der Waals surface area contributed by atoms with Crippen molar-refractivity contribution in [2.24, 2.45) is 5.73 Å². The summed E-state index contributed by atoms with van der Waals surface area (Å²) in [7, 11) is 3.30. The zero-order valence-corrected chi connectivity index (χ0v) is 17.1. The van der Waals surface area contributed by atoms with E-state index in [1.54, 1.807) is 38.6 Å². The molecule has 0 aliphatic rings. The number of fused-ring (bicyclic) bond motifs is 1. The van der Waals surface area contributed by atoms with Crippen LogP contribution in [0, 0.1) is 6.92 Å². The standard InChI is InChI=1S/C22H20BN5O3/c1-13-21(27-23-28(13)12-14-7-9-15(31-2)10-8-14)26-22(30)17-11-19(20(24)29)25-18-6-4-3-5-16(17)18/h3-11H,12H2,1-2H3,(H2,24,29)(H,26,30). The van der Waals surface area contributed by atoms with Gasteiger partial charge in [-0.15, -0.1) is 0 Å².